The van der Waals surface area contributed by atoms with E-state index >= 15 is 0 Å². The van der Waals surface area contributed by atoms with Crippen molar-refractivity contribution < 1.29 is 10.2 Å². The zero-order valence-electron chi connectivity index (χ0n) is 7.88. The number of hydrogen-bond donors (Lipinski definition) is 4. The predicted molar refractivity (Wildman–Crippen MR) is 75.1 cm³/mol. The maximum atomic E-state index is 8.63. The van der Waals surface area contributed by atoms with Gasteiger partial charge in [-0.1, -0.05) is 30.3 Å². The van der Waals surface area contributed by atoms with Gasteiger partial charge in [-0.05, 0) is 30.0 Å². The molecule has 1 rings (SSSR count). The third kappa shape index (κ3) is 13.6. The molecule has 1 aromatic rings. The summed E-state index contributed by atoms with van der Waals surface area (Å²) in [5.41, 5.74) is 5.50. The van der Waals surface area contributed by atoms with Crippen molar-refractivity contribution in [2.24, 2.45) is 5.73 Å². The number of aliphatic hydroxyl groups excluding tert-OH is 2. The molecule has 0 spiro atoms. The van der Waals surface area contributed by atoms with Crippen LogP contribution >= 0.6 is 24.4 Å². The van der Waals surface area contributed by atoms with Crippen LogP contribution in [0.2, 0.25) is 0 Å². The normalized spacial score (nSPS) is 7.75. The summed E-state index contributed by atoms with van der Waals surface area (Å²) in [6.45, 7) is 0.580. The molecule has 4 nitrogen and oxygen atoms in total. The molecule has 5 N–H and O–H groups in total. The van der Waals surface area contributed by atoms with Gasteiger partial charge in [0.15, 0.2) is 0 Å². The first-order chi connectivity index (χ1) is 7.02. The summed E-state index contributed by atoms with van der Waals surface area (Å²) >= 11 is 8.31. The number of hydrogen-bond acceptors (Lipinski definition) is 2. The Morgan fingerprint density at radius 1 is 1.19 bits per heavy atom. The first kappa shape index (κ1) is 18.0. The van der Waals surface area contributed by atoms with Crippen LogP contribution in [0.4, 0.5) is 0 Å². The molecule has 1 aromatic carbocycles. The molecular formula is C9H13N2NaO2S2. The first-order valence-electron chi connectivity index (χ1n) is 4.01. The van der Waals surface area contributed by atoms with E-state index in [0.29, 0.717) is 6.54 Å². The molecule has 0 radical (unpaired) electrons. The Kier molecular flexibility index (Phi) is 12.5. The fourth-order valence-corrected chi connectivity index (χ4v) is 0.846. The van der Waals surface area contributed by atoms with Crippen molar-refractivity contribution in [3.8, 4) is 0 Å². The van der Waals surface area contributed by atoms with E-state index in [1.54, 1.807) is 0 Å². The molecule has 0 heterocycles. The third-order valence-corrected chi connectivity index (χ3v) is 1.43. The molecule has 0 atom stereocenters. The van der Waals surface area contributed by atoms with Crippen molar-refractivity contribution in [2.75, 3.05) is 0 Å². The van der Waals surface area contributed by atoms with E-state index in [0.717, 1.165) is 5.56 Å². The number of aliphatic hydroxyl groups is 2. The summed E-state index contributed by atoms with van der Waals surface area (Å²) in [6, 6.07) is 9.76. The van der Waals surface area contributed by atoms with Gasteiger partial charge in [-0.2, -0.15) is 0 Å². The monoisotopic (exact) mass is 268 g/mol. The molecular weight excluding hydrogens is 255 g/mol. The molecule has 0 bridgehead atoms. The number of rotatable bonds is 2. The van der Waals surface area contributed by atoms with E-state index in [1.165, 1.54) is 0 Å². The Bertz CT molecular complexity index is 319. The average Bonchev–Trinajstić information content (AvgIpc) is 2.15. The van der Waals surface area contributed by atoms with Gasteiger partial charge < -0.3 is 21.3 Å². The first-order valence-corrected chi connectivity index (χ1v) is 4.83. The van der Waals surface area contributed by atoms with Crippen LogP contribution in [0.1, 0.15) is 5.56 Å². The fraction of sp³-hybridized carbons (Fsp3) is 0.111. The summed E-state index contributed by atoms with van der Waals surface area (Å²) < 4.78 is 0. The van der Waals surface area contributed by atoms with Crippen LogP contribution in [-0.2, 0) is 6.54 Å². The molecule has 0 saturated carbocycles. The van der Waals surface area contributed by atoms with Gasteiger partial charge >= 0.3 is 29.6 Å². The summed E-state index contributed by atoms with van der Waals surface area (Å²) in [5, 5.41) is 18.2. The van der Waals surface area contributed by atoms with Crippen LogP contribution in [0, 0.1) is 0 Å². The zero-order chi connectivity index (χ0) is 11.7. The van der Waals surface area contributed by atoms with E-state index < -0.39 is 5.17 Å². The van der Waals surface area contributed by atoms with Crippen molar-refractivity contribution in [2.45, 2.75) is 6.54 Å². The minimum absolute atomic E-state index is 0. The molecule has 0 saturated heterocycles. The molecule has 0 aromatic heterocycles. The van der Waals surface area contributed by atoms with Crippen LogP contribution in [0.25, 0.3) is 0 Å². The Hall–Kier alpha value is -0.400. The van der Waals surface area contributed by atoms with Crippen molar-refractivity contribution in [3.63, 3.8) is 0 Å². The second-order valence-corrected chi connectivity index (χ2v) is 3.29. The van der Waals surface area contributed by atoms with Crippen LogP contribution < -0.4 is 11.1 Å². The Labute approximate surface area is 127 Å². The van der Waals surface area contributed by atoms with Gasteiger partial charge in [0.2, 0.25) is 0 Å². The Morgan fingerprint density at radius 2 is 1.62 bits per heavy atom. The molecule has 7 heteroatoms. The molecule has 0 aliphatic heterocycles. The van der Waals surface area contributed by atoms with Gasteiger partial charge in [0.1, 0.15) is 0 Å². The maximum absolute atomic E-state index is 8.63. The summed E-state index contributed by atoms with van der Waals surface area (Å²) in [5.74, 6) is 0. The Balaban J connectivity index is 0. The summed E-state index contributed by atoms with van der Waals surface area (Å²) in [6.07, 6.45) is 0. The van der Waals surface area contributed by atoms with Gasteiger partial charge in [-0.25, -0.2) is 0 Å². The average molecular weight is 268 g/mol. The van der Waals surface area contributed by atoms with Crippen LogP contribution in [0.3, 0.4) is 0 Å². The van der Waals surface area contributed by atoms with Crippen molar-refractivity contribution in [1.29, 1.82) is 0 Å². The van der Waals surface area contributed by atoms with Crippen molar-refractivity contribution in [3.05, 3.63) is 35.9 Å². The molecule has 0 aliphatic carbocycles. The van der Waals surface area contributed by atoms with E-state index in [2.05, 4.69) is 35.5 Å². The number of thiocarbonyl (C=S) groups is 2. The molecule has 0 unspecified atom stereocenters. The molecule has 0 fully saturated rings. The third-order valence-electron chi connectivity index (χ3n) is 1.29. The van der Waals surface area contributed by atoms with E-state index in [9.17, 15) is 0 Å². The van der Waals surface area contributed by atoms with Gasteiger partial charge in [0.05, 0.1) is 0 Å². The van der Waals surface area contributed by atoms with E-state index in [1.807, 2.05) is 30.3 Å². The van der Waals surface area contributed by atoms with E-state index in [-0.39, 0.29) is 34.7 Å². The molecule has 84 valence electrons. The van der Waals surface area contributed by atoms with Gasteiger partial charge in [-0.3, -0.25) is 0 Å². The number of benzene rings is 1. The van der Waals surface area contributed by atoms with Crippen LogP contribution in [0.15, 0.2) is 30.3 Å². The molecule has 0 amide bonds. The second-order valence-electron chi connectivity index (χ2n) is 2.48. The Morgan fingerprint density at radius 3 is 2.00 bits per heavy atom. The van der Waals surface area contributed by atoms with Crippen molar-refractivity contribution in [1.82, 2.24) is 5.32 Å². The molecule has 0 aliphatic rings. The molecule has 16 heavy (non-hydrogen) atoms. The van der Waals surface area contributed by atoms with Gasteiger partial charge in [0.25, 0.3) is 10.3 Å². The summed E-state index contributed by atoms with van der Waals surface area (Å²) in [4.78, 5) is 0. The quantitative estimate of drug-likeness (QED) is 0.468. The SMILES string of the molecule is NC(O)=S.OC(=S)NCc1ccccc1.[NaH]. The van der Waals surface area contributed by atoms with Gasteiger partial charge in [0, 0.05) is 6.54 Å². The van der Waals surface area contributed by atoms with Crippen LogP contribution in [0.5, 0.6) is 0 Å². The predicted octanol–water partition coefficient (Wildman–Crippen LogP) is 0.759. The topological polar surface area (TPSA) is 78.5 Å². The second kappa shape index (κ2) is 11.1. The van der Waals surface area contributed by atoms with Gasteiger partial charge in [-0.15, -0.1) is 0 Å². The number of nitrogens with one attached hydrogen (secondary N) is 1. The minimum atomic E-state index is -0.500. The fourth-order valence-electron chi connectivity index (χ4n) is 0.774. The number of nitrogens with two attached hydrogens (primary N) is 1. The van der Waals surface area contributed by atoms with E-state index in [4.69, 9.17) is 10.2 Å². The van der Waals surface area contributed by atoms with Crippen LogP contribution in [-0.4, -0.2) is 50.1 Å². The standard InChI is InChI=1S/C8H9NOS.CH3NOS.Na.H/c10-8(11)9-6-7-4-2-1-3-5-7;2-1(3)4;;/h1-5H,6H2,(H2,9,10,11);(H3,2,3,4);;. The zero-order valence-corrected chi connectivity index (χ0v) is 9.52. The van der Waals surface area contributed by atoms with Crippen molar-refractivity contribution >= 4 is 64.3 Å². The summed E-state index contributed by atoms with van der Waals surface area (Å²) in [7, 11) is 0.